The van der Waals surface area contributed by atoms with Gasteiger partial charge in [-0.25, -0.2) is 4.79 Å². The molecule has 1 heterocycles. The molecule has 0 saturated carbocycles. The van der Waals surface area contributed by atoms with Gasteiger partial charge in [-0.2, -0.15) is 0 Å². The Morgan fingerprint density at radius 3 is 2.76 bits per heavy atom. The first-order valence-electron chi connectivity index (χ1n) is 7.48. The van der Waals surface area contributed by atoms with Gasteiger partial charge in [0.15, 0.2) is 0 Å². The molecule has 2 aromatic rings. The summed E-state index contributed by atoms with van der Waals surface area (Å²) in [6.45, 7) is 4.47. The van der Waals surface area contributed by atoms with Crippen LogP contribution in [0.3, 0.4) is 0 Å². The van der Waals surface area contributed by atoms with Gasteiger partial charge >= 0.3 is 5.97 Å². The molecule has 0 aliphatic rings. The molecule has 0 aliphatic heterocycles. The second-order valence-corrected chi connectivity index (χ2v) is 5.11. The third-order valence-electron chi connectivity index (χ3n) is 3.55. The SMILES string of the molecule is CCCCCOC(=O)c1c[nH]c2ccc(CC)cc2c1=O. The quantitative estimate of drug-likeness (QED) is 0.654. The van der Waals surface area contributed by atoms with Crippen molar-refractivity contribution in [2.45, 2.75) is 39.5 Å². The first kappa shape index (κ1) is 15.3. The highest BCUT2D eigenvalue weighted by Gasteiger charge is 2.14. The zero-order valence-electron chi connectivity index (χ0n) is 12.6. The van der Waals surface area contributed by atoms with Crippen LogP contribution >= 0.6 is 0 Å². The Balaban J connectivity index is 2.26. The van der Waals surface area contributed by atoms with Crippen molar-refractivity contribution in [3.63, 3.8) is 0 Å². The summed E-state index contributed by atoms with van der Waals surface area (Å²) in [5.74, 6) is -0.545. The maximum Gasteiger partial charge on any atom is 0.343 e. The molecular weight excluding hydrogens is 266 g/mol. The Hall–Kier alpha value is -2.10. The van der Waals surface area contributed by atoms with Gasteiger partial charge in [0.2, 0.25) is 5.43 Å². The van der Waals surface area contributed by atoms with Gasteiger partial charge < -0.3 is 9.72 Å². The van der Waals surface area contributed by atoms with Crippen molar-refractivity contribution >= 4 is 16.9 Å². The number of hydrogen-bond acceptors (Lipinski definition) is 3. The van der Waals surface area contributed by atoms with E-state index in [4.69, 9.17) is 4.74 Å². The lowest BCUT2D eigenvalue weighted by Crippen LogP contribution is -2.18. The molecule has 4 heteroatoms. The van der Waals surface area contributed by atoms with E-state index in [9.17, 15) is 9.59 Å². The second-order valence-electron chi connectivity index (χ2n) is 5.11. The van der Waals surface area contributed by atoms with Crippen LogP contribution in [0.5, 0.6) is 0 Å². The van der Waals surface area contributed by atoms with Crippen LogP contribution in [0.1, 0.15) is 49.0 Å². The van der Waals surface area contributed by atoms with Gasteiger partial charge in [-0.1, -0.05) is 32.8 Å². The number of unbranched alkanes of at least 4 members (excludes halogenated alkanes) is 2. The number of esters is 1. The van der Waals surface area contributed by atoms with Crippen molar-refractivity contribution in [2.75, 3.05) is 6.61 Å². The number of pyridine rings is 1. The standard InChI is InChI=1S/C17H21NO3/c1-3-5-6-9-21-17(20)14-11-18-15-8-7-12(4-2)10-13(15)16(14)19/h7-8,10-11H,3-6,9H2,1-2H3,(H,18,19). The number of aryl methyl sites for hydroxylation is 1. The highest BCUT2D eigenvalue weighted by atomic mass is 16.5. The number of rotatable bonds is 6. The lowest BCUT2D eigenvalue weighted by Gasteiger charge is -2.06. The molecule has 0 atom stereocenters. The molecule has 0 unspecified atom stereocenters. The van der Waals surface area contributed by atoms with E-state index in [0.29, 0.717) is 12.0 Å². The summed E-state index contributed by atoms with van der Waals surface area (Å²) in [5.41, 5.74) is 1.62. The molecular formula is C17H21NO3. The lowest BCUT2D eigenvalue weighted by molar-refractivity contribution is 0.0496. The summed E-state index contributed by atoms with van der Waals surface area (Å²) in [6, 6.07) is 5.68. The van der Waals surface area contributed by atoms with Crippen molar-refractivity contribution in [1.82, 2.24) is 4.98 Å². The number of aromatic amines is 1. The van der Waals surface area contributed by atoms with Gasteiger partial charge in [-0.15, -0.1) is 0 Å². The van der Waals surface area contributed by atoms with Crippen LogP contribution in [0, 0.1) is 0 Å². The first-order valence-corrected chi connectivity index (χ1v) is 7.48. The number of carbonyl (C=O) groups is 1. The van der Waals surface area contributed by atoms with Crippen molar-refractivity contribution in [3.05, 3.63) is 45.7 Å². The normalized spacial score (nSPS) is 10.8. The van der Waals surface area contributed by atoms with Gasteiger partial charge in [0, 0.05) is 17.1 Å². The van der Waals surface area contributed by atoms with Crippen molar-refractivity contribution in [1.29, 1.82) is 0 Å². The summed E-state index contributed by atoms with van der Waals surface area (Å²) >= 11 is 0. The van der Waals surface area contributed by atoms with Crippen LogP contribution in [0.2, 0.25) is 0 Å². The van der Waals surface area contributed by atoms with Crippen LogP contribution in [0.25, 0.3) is 10.9 Å². The summed E-state index contributed by atoms with van der Waals surface area (Å²) in [5, 5.41) is 0.539. The minimum atomic E-state index is -0.545. The molecule has 2 rings (SSSR count). The third-order valence-corrected chi connectivity index (χ3v) is 3.55. The van der Waals surface area contributed by atoms with Crippen molar-refractivity contribution in [2.24, 2.45) is 0 Å². The average Bonchev–Trinajstić information content (AvgIpc) is 2.51. The lowest BCUT2D eigenvalue weighted by atomic mass is 10.1. The zero-order valence-corrected chi connectivity index (χ0v) is 12.6. The van der Waals surface area contributed by atoms with E-state index in [-0.39, 0.29) is 11.0 Å². The number of aromatic nitrogens is 1. The molecule has 0 spiro atoms. The summed E-state index contributed by atoms with van der Waals surface area (Å²) in [7, 11) is 0. The number of benzene rings is 1. The number of hydrogen-bond donors (Lipinski definition) is 1. The predicted molar refractivity (Wildman–Crippen MR) is 83.8 cm³/mol. The van der Waals surface area contributed by atoms with E-state index in [1.165, 1.54) is 6.20 Å². The van der Waals surface area contributed by atoms with Crippen LogP contribution < -0.4 is 5.43 Å². The van der Waals surface area contributed by atoms with Gasteiger partial charge in [0.05, 0.1) is 6.61 Å². The summed E-state index contributed by atoms with van der Waals surface area (Å²) in [4.78, 5) is 27.4. The van der Waals surface area contributed by atoms with E-state index in [1.807, 2.05) is 25.1 Å². The Morgan fingerprint density at radius 1 is 1.24 bits per heavy atom. The second kappa shape index (κ2) is 7.07. The fraction of sp³-hybridized carbons (Fsp3) is 0.412. The van der Waals surface area contributed by atoms with Crippen molar-refractivity contribution in [3.8, 4) is 0 Å². The molecule has 1 aromatic carbocycles. The smallest absolute Gasteiger partial charge is 0.343 e. The van der Waals surface area contributed by atoms with Gasteiger partial charge in [0.25, 0.3) is 0 Å². The fourth-order valence-electron chi connectivity index (χ4n) is 2.23. The molecule has 0 saturated heterocycles. The molecule has 1 aromatic heterocycles. The van der Waals surface area contributed by atoms with Gasteiger partial charge in [-0.3, -0.25) is 4.79 Å². The average molecular weight is 287 g/mol. The Bertz CT molecular complexity index is 688. The monoisotopic (exact) mass is 287 g/mol. The van der Waals surface area contributed by atoms with E-state index < -0.39 is 5.97 Å². The highest BCUT2D eigenvalue weighted by Crippen LogP contribution is 2.12. The largest absolute Gasteiger partial charge is 0.462 e. The molecule has 21 heavy (non-hydrogen) atoms. The van der Waals surface area contributed by atoms with Gasteiger partial charge in [-0.05, 0) is 30.5 Å². The predicted octanol–water partition coefficient (Wildman–Crippen LogP) is 3.44. The highest BCUT2D eigenvalue weighted by molar-refractivity contribution is 5.93. The molecule has 0 radical (unpaired) electrons. The summed E-state index contributed by atoms with van der Waals surface area (Å²) < 4.78 is 5.16. The minimum absolute atomic E-state index is 0.0762. The fourth-order valence-corrected chi connectivity index (χ4v) is 2.23. The van der Waals surface area contributed by atoms with Crippen LogP contribution in [-0.2, 0) is 11.2 Å². The van der Waals surface area contributed by atoms with Crippen molar-refractivity contribution < 1.29 is 9.53 Å². The number of ether oxygens (including phenoxy) is 1. The molecule has 0 fully saturated rings. The molecule has 4 nitrogen and oxygen atoms in total. The molecule has 0 aliphatic carbocycles. The Kier molecular flexibility index (Phi) is 5.14. The molecule has 0 bridgehead atoms. The molecule has 112 valence electrons. The van der Waals surface area contributed by atoms with Crippen LogP contribution in [-0.4, -0.2) is 17.6 Å². The topological polar surface area (TPSA) is 59.2 Å². The third kappa shape index (κ3) is 3.51. The number of fused-ring (bicyclic) bond motifs is 1. The maximum atomic E-state index is 12.4. The minimum Gasteiger partial charge on any atom is -0.462 e. The first-order chi connectivity index (χ1) is 10.2. The zero-order chi connectivity index (χ0) is 15.2. The maximum absolute atomic E-state index is 12.4. The van der Waals surface area contributed by atoms with Crippen LogP contribution in [0.15, 0.2) is 29.2 Å². The number of carbonyl (C=O) groups excluding carboxylic acids is 1. The summed E-state index contributed by atoms with van der Waals surface area (Å²) in [6.07, 6.45) is 5.20. The Labute approximate surface area is 124 Å². The van der Waals surface area contributed by atoms with Crippen LogP contribution in [0.4, 0.5) is 0 Å². The van der Waals surface area contributed by atoms with E-state index in [0.717, 1.165) is 36.8 Å². The molecule has 1 N–H and O–H groups in total. The number of H-pyrrole nitrogens is 1. The molecule has 0 amide bonds. The Morgan fingerprint density at radius 2 is 2.05 bits per heavy atom. The number of nitrogens with one attached hydrogen (secondary N) is 1. The van der Waals surface area contributed by atoms with E-state index in [2.05, 4.69) is 11.9 Å². The van der Waals surface area contributed by atoms with E-state index >= 15 is 0 Å². The van der Waals surface area contributed by atoms with Gasteiger partial charge in [0.1, 0.15) is 5.56 Å². The van der Waals surface area contributed by atoms with E-state index in [1.54, 1.807) is 0 Å².